The molecule has 0 aliphatic carbocycles. The van der Waals surface area contributed by atoms with Gasteiger partial charge in [0.05, 0.1) is 4.92 Å². The fraction of sp³-hybridized carbons (Fsp3) is 0. The molecule has 0 saturated carbocycles. The van der Waals surface area contributed by atoms with Crippen molar-refractivity contribution >= 4 is 28.9 Å². The number of halogens is 2. The van der Waals surface area contributed by atoms with E-state index in [1.807, 2.05) is 0 Å². The van der Waals surface area contributed by atoms with E-state index in [0.717, 1.165) is 12.3 Å². The van der Waals surface area contributed by atoms with Crippen molar-refractivity contribution in [3.05, 3.63) is 63.2 Å². The molecule has 2 rings (SSSR count). The number of anilines is 1. The van der Waals surface area contributed by atoms with E-state index in [1.54, 1.807) is 0 Å². The molecule has 0 saturated heterocycles. The van der Waals surface area contributed by atoms with Crippen molar-refractivity contribution in [2.24, 2.45) is 0 Å². The third-order valence-corrected chi connectivity index (χ3v) is 2.63. The van der Waals surface area contributed by atoms with E-state index in [9.17, 15) is 19.3 Å². The van der Waals surface area contributed by atoms with Crippen LogP contribution in [0.15, 0.2) is 36.5 Å². The van der Waals surface area contributed by atoms with Gasteiger partial charge in [0.1, 0.15) is 5.69 Å². The smallest absolute Gasteiger partial charge is 0.292 e. The molecule has 0 fully saturated rings. The number of hydrogen-bond donors (Lipinski definition) is 1. The molecule has 8 heteroatoms. The quantitative estimate of drug-likeness (QED) is 0.536. The molecule has 1 N–H and O–H groups in total. The first-order valence-corrected chi connectivity index (χ1v) is 5.72. The van der Waals surface area contributed by atoms with Crippen LogP contribution in [0.5, 0.6) is 0 Å². The van der Waals surface area contributed by atoms with Crippen LogP contribution in [0.25, 0.3) is 0 Å². The van der Waals surface area contributed by atoms with Crippen LogP contribution in [0.4, 0.5) is 15.8 Å². The predicted molar refractivity (Wildman–Crippen MR) is 70.3 cm³/mol. The Bertz CT molecular complexity index is 693. The highest BCUT2D eigenvalue weighted by molar-refractivity contribution is 6.31. The molecule has 0 aliphatic rings. The Morgan fingerprint density at radius 2 is 2.10 bits per heavy atom. The Labute approximate surface area is 117 Å². The largest absolute Gasteiger partial charge is 0.316 e. The molecule has 2 aromatic rings. The van der Waals surface area contributed by atoms with Gasteiger partial charge in [0.15, 0.2) is 0 Å². The zero-order valence-corrected chi connectivity index (χ0v) is 10.6. The van der Waals surface area contributed by atoms with Gasteiger partial charge in [-0.3, -0.25) is 14.9 Å². The molecule has 1 aromatic carbocycles. The molecule has 20 heavy (non-hydrogen) atoms. The maximum atomic E-state index is 12.9. The average molecular weight is 296 g/mol. The van der Waals surface area contributed by atoms with Crippen molar-refractivity contribution in [2.45, 2.75) is 0 Å². The van der Waals surface area contributed by atoms with E-state index >= 15 is 0 Å². The van der Waals surface area contributed by atoms with Crippen molar-refractivity contribution in [1.29, 1.82) is 0 Å². The molecule has 102 valence electrons. The summed E-state index contributed by atoms with van der Waals surface area (Å²) in [4.78, 5) is 25.4. The lowest BCUT2D eigenvalue weighted by Gasteiger charge is -2.06. The number of rotatable bonds is 3. The van der Waals surface area contributed by atoms with E-state index in [0.29, 0.717) is 0 Å². The summed E-state index contributed by atoms with van der Waals surface area (Å²) in [5.41, 5.74) is -0.381. The van der Waals surface area contributed by atoms with Gasteiger partial charge in [-0.2, -0.15) is 4.39 Å². The number of pyridine rings is 1. The van der Waals surface area contributed by atoms with Crippen LogP contribution < -0.4 is 5.32 Å². The van der Waals surface area contributed by atoms with Gasteiger partial charge in [-0.15, -0.1) is 0 Å². The van der Waals surface area contributed by atoms with Crippen LogP contribution in [0.3, 0.4) is 0 Å². The number of carbonyl (C=O) groups is 1. The number of nitro groups is 1. The number of nitrogens with one attached hydrogen (secondary N) is 1. The molecule has 0 aliphatic heterocycles. The third kappa shape index (κ3) is 3.07. The fourth-order valence-electron chi connectivity index (χ4n) is 1.51. The molecular weight excluding hydrogens is 289 g/mol. The summed E-state index contributed by atoms with van der Waals surface area (Å²) in [6.07, 6.45) is 1.12. The van der Waals surface area contributed by atoms with Crippen LogP contribution in [-0.2, 0) is 0 Å². The molecule has 1 amide bonds. The van der Waals surface area contributed by atoms with E-state index in [-0.39, 0.29) is 22.0 Å². The first-order valence-electron chi connectivity index (χ1n) is 5.34. The van der Waals surface area contributed by atoms with E-state index < -0.39 is 16.8 Å². The number of benzene rings is 1. The van der Waals surface area contributed by atoms with Gasteiger partial charge in [-0.05, 0) is 18.2 Å². The SMILES string of the molecule is O=C(Nc1cc(Cl)ccc1[N+](=O)[O-])c1ccnc(F)c1. The summed E-state index contributed by atoms with van der Waals surface area (Å²) in [5.74, 6) is -1.52. The Morgan fingerprint density at radius 1 is 1.35 bits per heavy atom. The highest BCUT2D eigenvalue weighted by Crippen LogP contribution is 2.28. The predicted octanol–water partition coefficient (Wildman–Crippen LogP) is 3.03. The summed E-state index contributed by atoms with van der Waals surface area (Å²) in [7, 11) is 0. The highest BCUT2D eigenvalue weighted by atomic mass is 35.5. The molecule has 0 unspecified atom stereocenters. The van der Waals surface area contributed by atoms with Gasteiger partial charge in [-0.25, -0.2) is 4.98 Å². The molecule has 0 bridgehead atoms. The van der Waals surface area contributed by atoms with Crippen LogP contribution in [0.2, 0.25) is 5.02 Å². The van der Waals surface area contributed by atoms with Crippen molar-refractivity contribution < 1.29 is 14.1 Å². The first-order chi connectivity index (χ1) is 9.47. The van der Waals surface area contributed by atoms with Gasteiger partial charge in [-0.1, -0.05) is 11.6 Å². The van der Waals surface area contributed by atoms with Crippen LogP contribution >= 0.6 is 11.6 Å². The number of nitrogens with zero attached hydrogens (tertiary/aromatic N) is 2. The Kier molecular flexibility index (Phi) is 3.90. The number of hydrogen-bond acceptors (Lipinski definition) is 4. The average Bonchev–Trinajstić information content (AvgIpc) is 2.38. The number of amides is 1. The Balaban J connectivity index is 2.32. The third-order valence-electron chi connectivity index (χ3n) is 2.39. The molecule has 6 nitrogen and oxygen atoms in total. The van der Waals surface area contributed by atoms with Gasteiger partial charge >= 0.3 is 0 Å². The Morgan fingerprint density at radius 3 is 2.75 bits per heavy atom. The monoisotopic (exact) mass is 295 g/mol. The molecular formula is C12H7ClFN3O3. The lowest BCUT2D eigenvalue weighted by atomic mass is 10.2. The molecule has 0 spiro atoms. The Hall–Kier alpha value is -2.54. The maximum Gasteiger partial charge on any atom is 0.292 e. The zero-order valence-electron chi connectivity index (χ0n) is 9.84. The van der Waals surface area contributed by atoms with E-state index in [1.165, 1.54) is 24.3 Å². The zero-order chi connectivity index (χ0) is 14.7. The van der Waals surface area contributed by atoms with Crippen LogP contribution in [0.1, 0.15) is 10.4 Å². The molecule has 0 radical (unpaired) electrons. The molecule has 1 heterocycles. The lowest BCUT2D eigenvalue weighted by molar-refractivity contribution is -0.383. The van der Waals surface area contributed by atoms with Crippen molar-refractivity contribution in [3.8, 4) is 0 Å². The normalized spacial score (nSPS) is 10.1. The van der Waals surface area contributed by atoms with Gasteiger partial charge in [0, 0.05) is 28.9 Å². The molecule has 1 aromatic heterocycles. The minimum atomic E-state index is -0.821. The van der Waals surface area contributed by atoms with Crippen LogP contribution in [0, 0.1) is 16.1 Å². The summed E-state index contributed by atoms with van der Waals surface area (Å²) < 4.78 is 12.9. The summed E-state index contributed by atoms with van der Waals surface area (Å²) in [6, 6.07) is 5.96. The van der Waals surface area contributed by atoms with Crippen molar-refractivity contribution in [2.75, 3.05) is 5.32 Å². The second-order valence-corrected chi connectivity index (χ2v) is 4.18. The first kappa shape index (κ1) is 13.9. The summed E-state index contributed by atoms with van der Waals surface area (Å²) >= 11 is 5.73. The summed E-state index contributed by atoms with van der Waals surface area (Å²) in [5, 5.41) is 13.4. The van der Waals surface area contributed by atoms with Crippen LogP contribution in [-0.4, -0.2) is 15.8 Å². The van der Waals surface area contributed by atoms with Gasteiger partial charge < -0.3 is 5.32 Å². The maximum absolute atomic E-state index is 12.9. The second kappa shape index (κ2) is 5.62. The lowest BCUT2D eigenvalue weighted by Crippen LogP contribution is -2.13. The number of carbonyl (C=O) groups excluding carboxylic acids is 1. The van der Waals surface area contributed by atoms with Gasteiger partial charge in [0.2, 0.25) is 5.95 Å². The van der Waals surface area contributed by atoms with Crippen molar-refractivity contribution in [3.63, 3.8) is 0 Å². The topological polar surface area (TPSA) is 85.1 Å². The molecule has 0 atom stereocenters. The minimum absolute atomic E-state index is 0.00762. The number of aromatic nitrogens is 1. The minimum Gasteiger partial charge on any atom is -0.316 e. The van der Waals surface area contributed by atoms with Gasteiger partial charge in [0.25, 0.3) is 11.6 Å². The number of nitro benzene ring substituents is 1. The second-order valence-electron chi connectivity index (χ2n) is 3.74. The standard InChI is InChI=1S/C12H7ClFN3O3/c13-8-1-2-10(17(19)20)9(6-8)16-12(18)7-3-4-15-11(14)5-7/h1-6H,(H,16,18). The van der Waals surface area contributed by atoms with E-state index in [4.69, 9.17) is 11.6 Å². The fourth-order valence-corrected chi connectivity index (χ4v) is 1.68. The summed E-state index contributed by atoms with van der Waals surface area (Å²) in [6.45, 7) is 0. The van der Waals surface area contributed by atoms with Crippen molar-refractivity contribution in [1.82, 2.24) is 4.98 Å². The van der Waals surface area contributed by atoms with E-state index in [2.05, 4.69) is 10.3 Å². The highest BCUT2D eigenvalue weighted by Gasteiger charge is 2.17.